The van der Waals surface area contributed by atoms with Crippen molar-refractivity contribution in [2.75, 3.05) is 0 Å². The summed E-state index contributed by atoms with van der Waals surface area (Å²) in [6.45, 7) is 0. The third-order valence-electron chi connectivity index (χ3n) is 7.33. The van der Waals surface area contributed by atoms with E-state index in [0.29, 0.717) is 0 Å². The summed E-state index contributed by atoms with van der Waals surface area (Å²) in [5.41, 5.74) is 7.24. The molecule has 0 aliphatic carbocycles. The molecule has 6 aromatic carbocycles. The number of benzene rings is 6. The van der Waals surface area contributed by atoms with Crippen LogP contribution in [0.4, 0.5) is 0 Å². The third kappa shape index (κ3) is 6.04. The van der Waals surface area contributed by atoms with Crippen LogP contribution in [-0.2, 0) is 32.1 Å². The van der Waals surface area contributed by atoms with E-state index in [9.17, 15) is 0 Å². The summed E-state index contributed by atoms with van der Waals surface area (Å²) in [5.74, 6) is 0. The molecule has 0 saturated carbocycles. The zero-order chi connectivity index (χ0) is 26.5. The van der Waals surface area contributed by atoms with Crippen molar-refractivity contribution in [3.05, 3.63) is 164 Å². The van der Waals surface area contributed by atoms with Gasteiger partial charge in [0.1, 0.15) is 0 Å². The zero-order valence-electron chi connectivity index (χ0n) is 22.3. The summed E-state index contributed by atoms with van der Waals surface area (Å²) in [6, 6.07) is 58.3. The van der Waals surface area contributed by atoms with E-state index in [1.807, 2.05) is 0 Å². The predicted molar refractivity (Wildman–Crippen MR) is 163 cm³/mol. The molecule has 5 heteroatoms. The molecule has 41 heavy (non-hydrogen) atoms. The molecule has 0 aliphatic rings. The van der Waals surface area contributed by atoms with Crippen LogP contribution in [0.2, 0.25) is 0 Å². The van der Waals surface area contributed by atoms with Crippen LogP contribution >= 0.6 is 0 Å². The van der Waals surface area contributed by atoms with Crippen molar-refractivity contribution in [2.45, 2.75) is 0 Å². The minimum absolute atomic E-state index is 0. The Hall–Kier alpha value is -4.00. The van der Waals surface area contributed by atoms with Crippen LogP contribution < -0.4 is 15.6 Å². The van der Waals surface area contributed by atoms with Gasteiger partial charge in [0.15, 0.2) is 0 Å². The van der Waals surface area contributed by atoms with Gasteiger partial charge in [0.05, 0.1) is 0 Å². The Balaban J connectivity index is 0.00000194. The standard InChI is InChI=1S/C36H27OSi.2O.V/c37-38(34-22-16-31(17-23-34)28-10-4-1-5-11-28,35-24-18-32(19-25-35)29-12-6-2-7-13-29)36-26-20-33(21-27-36)30-14-8-3-9-15-30;;;/h1-27H;;;/q-1;2*-2;+5. The molecule has 6 aromatic rings. The first-order valence-corrected chi connectivity index (χ1v) is 15.6. The van der Waals surface area contributed by atoms with Gasteiger partial charge in [0.25, 0.3) is 0 Å². The monoisotopic (exact) mass is 586 g/mol. The normalized spacial score (nSPS) is 10.8. The Kier molecular flexibility index (Phi) is 9.92. The summed E-state index contributed by atoms with van der Waals surface area (Å²) in [4.78, 5) is 0. The maximum atomic E-state index is 6.61. The van der Waals surface area contributed by atoms with Gasteiger partial charge in [0, 0.05) is 0 Å². The van der Waals surface area contributed by atoms with Crippen molar-refractivity contribution in [1.29, 1.82) is 0 Å². The van der Waals surface area contributed by atoms with Crippen molar-refractivity contribution >= 4 is 23.9 Å². The fourth-order valence-corrected chi connectivity index (χ4v) is 9.95. The van der Waals surface area contributed by atoms with Crippen LogP contribution in [0.15, 0.2) is 164 Å². The summed E-state index contributed by atoms with van der Waals surface area (Å²) < 4.78 is 6.61. The molecule has 0 bridgehead atoms. The van der Waals surface area contributed by atoms with Crippen LogP contribution in [-0.4, -0.2) is 8.32 Å². The number of rotatable bonds is 7. The van der Waals surface area contributed by atoms with E-state index in [1.54, 1.807) is 0 Å². The number of hydrogen-bond donors (Lipinski definition) is 0. The molecule has 3 nitrogen and oxygen atoms in total. The van der Waals surface area contributed by atoms with Crippen molar-refractivity contribution < 1.29 is 32.1 Å². The molecule has 198 valence electrons. The molecule has 0 amide bonds. The van der Waals surface area contributed by atoms with Crippen LogP contribution in [0.25, 0.3) is 33.4 Å². The number of hydrogen-bond acceptors (Lipinski definition) is 1. The van der Waals surface area contributed by atoms with Gasteiger partial charge in [-0.25, -0.2) is 0 Å². The van der Waals surface area contributed by atoms with Gasteiger partial charge in [-0.1, -0.05) is 0 Å². The SMILES string of the molecule is [O-2].[O-2].[V+4][O][Si](c1ccc(-c2ccccc2)cc1)(c1ccc(-c2ccccc2)cc1)c1ccc(-c2ccccc2)cc1. The molecule has 0 unspecified atom stereocenters. The van der Waals surface area contributed by atoms with E-state index in [2.05, 4.69) is 182 Å². The van der Waals surface area contributed by atoms with E-state index < -0.39 is 8.32 Å². The fourth-order valence-electron chi connectivity index (χ4n) is 5.24. The molecule has 0 N–H and O–H groups in total. The summed E-state index contributed by atoms with van der Waals surface area (Å²) >= 11 is 2.42. The second-order valence-electron chi connectivity index (χ2n) is 9.60. The molecule has 0 atom stereocenters. The maximum absolute atomic E-state index is 6.61. The second kappa shape index (κ2) is 13.6. The quantitative estimate of drug-likeness (QED) is 0.148. The average Bonchev–Trinajstić information content (AvgIpc) is 3.04. The molecule has 0 spiro atoms. The first-order chi connectivity index (χ1) is 19.3. The van der Waals surface area contributed by atoms with Crippen LogP contribution in [0.1, 0.15) is 0 Å². The van der Waals surface area contributed by atoms with Crippen molar-refractivity contribution in [2.24, 2.45) is 0 Å². The van der Waals surface area contributed by atoms with Crippen LogP contribution in [0, 0.1) is 0 Å². The molecule has 0 aromatic heterocycles. The summed E-state index contributed by atoms with van der Waals surface area (Å²) in [6.07, 6.45) is 0. The van der Waals surface area contributed by atoms with Crippen molar-refractivity contribution in [3.8, 4) is 33.4 Å². The predicted octanol–water partition coefficient (Wildman–Crippen LogP) is 6.90. The van der Waals surface area contributed by atoms with Crippen LogP contribution in [0.5, 0.6) is 0 Å². The molecule has 6 rings (SSSR count). The van der Waals surface area contributed by atoms with Gasteiger partial charge in [0.2, 0.25) is 0 Å². The van der Waals surface area contributed by atoms with E-state index in [1.165, 1.54) is 48.9 Å². The summed E-state index contributed by atoms with van der Waals surface area (Å²) in [7, 11) is -2.80. The third-order valence-corrected chi connectivity index (χ3v) is 12.3. The molecule has 0 radical (unpaired) electrons. The molecule has 0 saturated heterocycles. The molecule has 0 aliphatic heterocycles. The molecule has 0 fully saturated rings. The Labute approximate surface area is 252 Å². The van der Waals surface area contributed by atoms with Crippen LogP contribution in [0.3, 0.4) is 0 Å². The van der Waals surface area contributed by atoms with Gasteiger partial charge in [-0.15, -0.1) is 0 Å². The molecular weight excluding hydrogens is 559 g/mol. The van der Waals surface area contributed by atoms with Gasteiger partial charge < -0.3 is 11.0 Å². The average molecular weight is 587 g/mol. The zero-order valence-corrected chi connectivity index (χ0v) is 24.7. The van der Waals surface area contributed by atoms with E-state index in [4.69, 9.17) is 3.35 Å². The topological polar surface area (TPSA) is 66.2 Å². The van der Waals surface area contributed by atoms with Crippen molar-refractivity contribution in [1.82, 2.24) is 0 Å². The Morgan fingerprint density at radius 2 is 0.537 bits per heavy atom. The first kappa shape index (κ1) is 30.0. The fraction of sp³-hybridized carbons (Fsp3) is 0. The molecule has 0 heterocycles. The second-order valence-corrected chi connectivity index (χ2v) is 13.7. The van der Waals surface area contributed by atoms with E-state index >= 15 is 0 Å². The van der Waals surface area contributed by atoms with E-state index in [0.717, 1.165) is 0 Å². The van der Waals surface area contributed by atoms with Gasteiger partial charge >= 0.3 is 242 Å². The van der Waals surface area contributed by atoms with E-state index in [-0.39, 0.29) is 11.0 Å². The first-order valence-electron chi connectivity index (χ1n) is 13.1. The van der Waals surface area contributed by atoms with Gasteiger partial charge in [-0.2, -0.15) is 0 Å². The Morgan fingerprint density at radius 3 is 0.756 bits per heavy atom. The van der Waals surface area contributed by atoms with Gasteiger partial charge in [-0.05, 0) is 0 Å². The van der Waals surface area contributed by atoms with Gasteiger partial charge in [-0.3, -0.25) is 0 Å². The van der Waals surface area contributed by atoms with Crippen molar-refractivity contribution in [3.63, 3.8) is 0 Å². The molecular formula is C36H27O3SiV. The Bertz CT molecular complexity index is 1440. The minimum atomic E-state index is -2.80. The summed E-state index contributed by atoms with van der Waals surface area (Å²) in [5, 5.41) is 3.63. The Morgan fingerprint density at radius 1 is 0.317 bits per heavy atom.